The maximum Gasteiger partial charge on any atom is 0.369 e. The van der Waals surface area contributed by atoms with Crippen LogP contribution >= 0.6 is 47.3 Å². The molecule has 0 bridgehead atoms. The molecule has 6 saturated heterocycles. The van der Waals surface area contributed by atoms with Gasteiger partial charge in [0.25, 0.3) is 17.7 Å². The standard InChI is InChI=1S/C26H30N4O5.2C25H28N4O5.BBr3/c1-28-7-9-30(10-8-28)22-16-20(33-2)15-21-23(31)17-24(35-25(21)22)26(32)27-18-3-5-19(6-4-18)29-11-13-34-14-12-29;1-27-6-8-29(9-7-27)21-15-19(30)14-20-22(31)16-23(34-24(20)21)25(32)26-17-2-4-18(5-3-17)28-10-12-33-13-11-28;1-32-19-14-20-22(30)16-23(34-24(20)21(15-19)29-8-6-26-7-9-29)25(31)27-17-2-4-18(5-3-17)28-10-12-33-13-11-28;2-1(3)4/h3-6,15-17H,7-14H2,1-2H3,(H,27,32);2-5,14-16,30H,6-13H2,1H3,(H,26,32);2-5,14-16,26H,6-13H2,1H3,(H,27,31);. The van der Waals surface area contributed by atoms with Crippen molar-refractivity contribution in [2.45, 2.75) is 0 Å². The molecule has 9 aromatic rings. The molecule has 6 fully saturated rings. The fraction of sp³-hybridized carbons (Fsp3) is 0.368. The molecule has 0 atom stereocenters. The smallest absolute Gasteiger partial charge is 0.369 e. The van der Waals surface area contributed by atoms with E-state index in [9.17, 15) is 33.9 Å². The van der Waals surface area contributed by atoms with Gasteiger partial charge < -0.3 is 103 Å². The molecule has 0 unspecified atom stereocenters. The third kappa shape index (κ3) is 20.0. The molecule has 0 spiro atoms. The van der Waals surface area contributed by atoms with Crippen LogP contribution in [0.3, 0.4) is 0 Å². The van der Waals surface area contributed by atoms with E-state index in [0.29, 0.717) is 101 Å². The number of methoxy groups -OCH3 is 2. The Morgan fingerprint density at radius 1 is 0.402 bits per heavy atom. The minimum absolute atomic E-state index is 0.00807. The fourth-order valence-electron chi connectivity index (χ4n) is 13.2. The van der Waals surface area contributed by atoms with E-state index in [2.05, 4.69) is 115 Å². The van der Waals surface area contributed by atoms with Crippen molar-refractivity contribution in [3.05, 3.63) is 175 Å². The van der Waals surface area contributed by atoms with E-state index in [1.165, 1.54) is 24.3 Å². The number of nitrogens with one attached hydrogen (secondary N) is 4. The number of amides is 3. The van der Waals surface area contributed by atoms with E-state index in [1.54, 1.807) is 32.4 Å². The highest BCUT2D eigenvalue weighted by Crippen LogP contribution is 2.36. The second-order valence-corrected chi connectivity index (χ2v) is 32.6. The Balaban J connectivity index is 0.000000146. The highest BCUT2D eigenvalue weighted by atomic mass is 79.9. The zero-order valence-electron chi connectivity index (χ0n) is 60.0. The van der Waals surface area contributed by atoms with E-state index in [1.807, 2.05) is 92.0 Å². The summed E-state index contributed by atoms with van der Waals surface area (Å²) in [4.78, 5) is 95.3. The molecule has 15 rings (SSSR count). The number of rotatable bonds is 14. The maximum atomic E-state index is 13.0. The van der Waals surface area contributed by atoms with Crippen LogP contribution in [0.2, 0.25) is 0 Å². The summed E-state index contributed by atoms with van der Waals surface area (Å²) in [5, 5.41) is 23.0. The number of hydrogen-bond acceptors (Lipinski definition) is 24. The maximum absolute atomic E-state index is 13.0. The van der Waals surface area contributed by atoms with Gasteiger partial charge in [0, 0.05) is 188 Å². The van der Waals surface area contributed by atoms with E-state index in [4.69, 9.17) is 36.9 Å². The monoisotopic (exact) mass is 1650 g/mol. The summed E-state index contributed by atoms with van der Waals surface area (Å²) >= 11 is 9.31. The van der Waals surface area contributed by atoms with Gasteiger partial charge in [0.05, 0.1) is 87.1 Å². The lowest BCUT2D eigenvalue weighted by atomic mass is 10.1. The van der Waals surface area contributed by atoms with E-state index in [-0.39, 0.29) is 47.9 Å². The Kier molecular flexibility index (Phi) is 26.5. The number of likely N-dealkylation sites (N-methyl/N-ethyl adjacent to an activating group) is 2. The molecule has 0 radical (unpaired) electrons. The molecular formula is C76H86BBr3N12O15. The summed E-state index contributed by atoms with van der Waals surface area (Å²) in [5.74, 6) is -0.431. The first-order valence-electron chi connectivity index (χ1n) is 35.4. The number of phenols is 1. The predicted octanol–water partition coefficient (Wildman–Crippen LogP) is 9.44. The number of benzene rings is 6. The number of carbonyl (C=O) groups excluding carboxylic acids is 3. The summed E-state index contributed by atoms with van der Waals surface area (Å²) in [7, 11) is 7.27. The number of hydrogen-bond donors (Lipinski definition) is 5. The van der Waals surface area contributed by atoms with Gasteiger partial charge in [-0.05, 0) is 105 Å². The third-order valence-corrected chi connectivity index (χ3v) is 19.2. The van der Waals surface area contributed by atoms with Gasteiger partial charge in [-0.3, -0.25) is 28.8 Å². The van der Waals surface area contributed by atoms with Gasteiger partial charge in [-0.15, -0.1) is 47.3 Å². The lowest BCUT2D eigenvalue weighted by molar-refractivity contribution is 0.0990. The molecule has 107 heavy (non-hydrogen) atoms. The van der Waals surface area contributed by atoms with E-state index < -0.39 is 17.7 Å². The molecule has 27 nitrogen and oxygen atoms in total. The van der Waals surface area contributed by atoms with Gasteiger partial charge in [0.1, 0.15) is 17.2 Å². The third-order valence-electron chi connectivity index (χ3n) is 19.2. The molecule has 5 N–H and O–H groups in total. The number of carbonyl (C=O) groups is 3. The number of anilines is 9. The first kappa shape index (κ1) is 77.4. The molecule has 31 heteroatoms. The van der Waals surface area contributed by atoms with Gasteiger partial charge >= 0.3 is 3.18 Å². The molecule has 0 aliphatic carbocycles. The quantitative estimate of drug-likeness (QED) is 0.0634. The van der Waals surface area contributed by atoms with Gasteiger partial charge in [-0.1, -0.05) is 0 Å². The number of morpholine rings is 3. The average Bonchev–Trinajstić information content (AvgIpc) is 0.781. The normalized spacial score (nSPS) is 16.5. The van der Waals surface area contributed by atoms with Crippen molar-refractivity contribution in [3.8, 4) is 17.2 Å². The first-order chi connectivity index (χ1) is 51.8. The molecule has 3 aromatic heterocycles. The molecule has 3 amide bonds. The number of nitrogens with zero attached hydrogens (tertiary/aromatic N) is 8. The fourth-order valence-corrected chi connectivity index (χ4v) is 13.2. The van der Waals surface area contributed by atoms with Crippen molar-refractivity contribution in [2.75, 3.05) is 231 Å². The summed E-state index contributed by atoms with van der Waals surface area (Å²) in [6.07, 6.45) is 0. The molecule has 0 saturated carbocycles. The zero-order valence-corrected chi connectivity index (χ0v) is 64.8. The average molecular weight is 1660 g/mol. The van der Waals surface area contributed by atoms with E-state index in [0.717, 1.165) is 146 Å². The van der Waals surface area contributed by atoms with Crippen LogP contribution < -0.4 is 76.4 Å². The minimum Gasteiger partial charge on any atom is -0.508 e. The second kappa shape index (κ2) is 36.6. The van der Waals surface area contributed by atoms with Crippen LogP contribution in [0.1, 0.15) is 31.7 Å². The lowest BCUT2D eigenvalue weighted by Crippen LogP contribution is -2.44. The van der Waals surface area contributed by atoms with Crippen LogP contribution in [0.5, 0.6) is 17.2 Å². The summed E-state index contributed by atoms with van der Waals surface area (Å²) in [6.45, 7) is 19.0. The topological polar surface area (TPSA) is 282 Å². The van der Waals surface area contributed by atoms with Crippen molar-refractivity contribution in [3.63, 3.8) is 0 Å². The summed E-state index contributed by atoms with van der Waals surface area (Å²) < 4.78 is 45.4. The van der Waals surface area contributed by atoms with Gasteiger partial charge in [-0.25, -0.2) is 0 Å². The second-order valence-electron chi connectivity index (χ2n) is 26.2. The molecular weight excluding hydrogens is 1570 g/mol. The highest BCUT2D eigenvalue weighted by molar-refractivity contribution is 9.69. The van der Waals surface area contributed by atoms with Gasteiger partial charge in [-0.2, -0.15) is 0 Å². The van der Waals surface area contributed by atoms with Gasteiger partial charge in [0.2, 0.25) is 0 Å². The van der Waals surface area contributed by atoms with Crippen molar-refractivity contribution in [1.82, 2.24) is 15.1 Å². The number of piperazine rings is 3. The summed E-state index contributed by atoms with van der Waals surface area (Å²) in [5.41, 5.74) is 7.36. The van der Waals surface area contributed by atoms with Crippen LogP contribution in [0.4, 0.5) is 51.2 Å². The molecule has 6 aromatic carbocycles. The van der Waals surface area contributed by atoms with E-state index >= 15 is 0 Å². The van der Waals surface area contributed by atoms with Crippen molar-refractivity contribution in [1.29, 1.82) is 0 Å². The van der Waals surface area contributed by atoms with Crippen molar-refractivity contribution < 1.29 is 56.4 Å². The van der Waals surface area contributed by atoms with Crippen LogP contribution in [0.25, 0.3) is 32.9 Å². The lowest BCUT2D eigenvalue weighted by Gasteiger charge is -2.34. The Bertz CT molecular complexity index is 4750. The van der Waals surface area contributed by atoms with Crippen molar-refractivity contribution in [2.24, 2.45) is 0 Å². The number of fused-ring (bicyclic) bond motifs is 3. The zero-order chi connectivity index (χ0) is 75.1. The molecule has 6 aliphatic heterocycles. The minimum atomic E-state index is -0.504. The number of halogens is 3. The van der Waals surface area contributed by atoms with Gasteiger partial charge in [0.15, 0.2) is 50.3 Å². The van der Waals surface area contributed by atoms with Crippen LogP contribution in [0, 0.1) is 0 Å². The Morgan fingerprint density at radius 2 is 0.692 bits per heavy atom. The predicted molar refractivity (Wildman–Crippen MR) is 432 cm³/mol. The number of phenolic OH excluding ortho intramolecular Hbond substituents is 1. The molecule has 9 heterocycles. The largest absolute Gasteiger partial charge is 0.508 e. The Labute approximate surface area is 643 Å². The van der Waals surface area contributed by atoms with Crippen LogP contribution in [0.15, 0.2) is 155 Å². The van der Waals surface area contributed by atoms with Crippen LogP contribution in [-0.4, -0.2) is 222 Å². The Hall–Kier alpha value is -9.18. The first-order valence-corrected chi connectivity index (χ1v) is 38.2. The van der Waals surface area contributed by atoms with Crippen LogP contribution in [-0.2, 0) is 14.2 Å². The van der Waals surface area contributed by atoms with Crippen molar-refractivity contribution >= 4 is 152 Å². The summed E-state index contributed by atoms with van der Waals surface area (Å²) in [6, 6.07) is 36.5. The Morgan fingerprint density at radius 3 is 1.00 bits per heavy atom. The number of ether oxygens (including phenoxy) is 5. The molecule has 564 valence electrons. The highest BCUT2D eigenvalue weighted by Gasteiger charge is 2.27. The SMILES string of the molecule is BrB(Br)Br.CN1CCN(c2cc(O)cc3c(=O)cc(C(=O)Nc4ccc(N5CCOCC5)cc4)oc23)CC1.COc1cc(N2CCN(C)CC2)c2oc(C(=O)Nc3ccc(N4CCOCC4)cc3)cc(=O)c2c1.COc1cc(N2CCNCC2)c2oc(C(=O)Nc3ccc(N4CCOCC4)cc3)cc(=O)c2c1. The molecule has 6 aliphatic rings. The number of aromatic hydroxyl groups is 1.